The van der Waals surface area contributed by atoms with Crippen LogP contribution in [0.15, 0.2) is 18.2 Å². The summed E-state index contributed by atoms with van der Waals surface area (Å²) >= 11 is 2.15. The van der Waals surface area contributed by atoms with Crippen molar-refractivity contribution in [2.75, 3.05) is 6.54 Å². The number of likely N-dealkylation sites (tertiary alicyclic amines) is 1. The molecule has 1 aliphatic heterocycles. The van der Waals surface area contributed by atoms with Gasteiger partial charge >= 0.3 is 0 Å². The second kappa shape index (κ2) is 5.47. The number of rotatable bonds is 1. The first-order valence-corrected chi connectivity index (χ1v) is 7.36. The van der Waals surface area contributed by atoms with Crippen LogP contribution in [0.3, 0.4) is 0 Å². The molecule has 1 aromatic rings. The number of phenols is 1. The number of hydrogen-bond acceptors (Lipinski definition) is 2. The molecular formula is C14H18INO2. The Kier molecular flexibility index (Phi) is 4.14. The molecule has 0 aromatic heterocycles. The maximum atomic E-state index is 12.5. The second-order valence-electron chi connectivity index (χ2n) is 5.15. The summed E-state index contributed by atoms with van der Waals surface area (Å²) in [6.07, 6.45) is 2.21. The summed E-state index contributed by atoms with van der Waals surface area (Å²) in [5.74, 6) is 0.561. The monoisotopic (exact) mass is 359 g/mol. The highest BCUT2D eigenvalue weighted by Crippen LogP contribution is 2.27. The number of aromatic hydroxyl groups is 1. The van der Waals surface area contributed by atoms with Crippen LogP contribution in [0.25, 0.3) is 0 Å². The number of carbonyl (C=O) groups is 1. The zero-order valence-electron chi connectivity index (χ0n) is 10.7. The largest absolute Gasteiger partial charge is 0.507 e. The van der Waals surface area contributed by atoms with Crippen LogP contribution < -0.4 is 0 Å². The number of nitrogens with zero attached hydrogens (tertiary/aromatic N) is 1. The lowest BCUT2D eigenvalue weighted by Gasteiger charge is -2.37. The molecule has 0 saturated carbocycles. The maximum absolute atomic E-state index is 12.5. The summed E-state index contributed by atoms with van der Waals surface area (Å²) in [6, 6.07) is 5.40. The van der Waals surface area contributed by atoms with Crippen LogP contribution in [-0.4, -0.2) is 28.5 Å². The summed E-state index contributed by atoms with van der Waals surface area (Å²) in [6.45, 7) is 5.03. The molecule has 2 atom stereocenters. The van der Waals surface area contributed by atoms with Crippen LogP contribution in [0.5, 0.6) is 5.75 Å². The smallest absolute Gasteiger partial charge is 0.257 e. The minimum Gasteiger partial charge on any atom is -0.507 e. The third-order valence-corrected chi connectivity index (χ3v) is 4.24. The fourth-order valence-corrected chi connectivity index (χ4v) is 2.90. The normalized spacial score (nSPS) is 24.1. The predicted molar refractivity (Wildman–Crippen MR) is 79.7 cm³/mol. The highest BCUT2D eigenvalue weighted by atomic mass is 127. The fourth-order valence-electron chi connectivity index (χ4n) is 2.41. The Labute approximate surface area is 121 Å². The van der Waals surface area contributed by atoms with Crippen LogP contribution in [0.2, 0.25) is 0 Å². The molecule has 0 bridgehead atoms. The molecule has 0 spiro atoms. The highest BCUT2D eigenvalue weighted by molar-refractivity contribution is 14.1. The van der Waals surface area contributed by atoms with E-state index in [1.807, 2.05) is 4.90 Å². The molecule has 1 saturated heterocycles. The van der Waals surface area contributed by atoms with E-state index in [1.54, 1.807) is 18.2 Å². The van der Waals surface area contributed by atoms with Crippen LogP contribution >= 0.6 is 22.6 Å². The van der Waals surface area contributed by atoms with E-state index in [2.05, 4.69) is 36.4 Å². The van der Waals surface area contributed by atoms with Crippen LogP contribution in [0.1, 0.15) is 37.0 Å². The molecule has 2 rings (SSSR count). The molecule has 3 nitrogen and oxygen atoms in total. The van der Waals surface area contributed by atoms with Gasteiger partial charge in [-0.1, -0.05) is 6.92 Å². The number of benzene rings is 1. The van der Waals surface area contributed by atoms with Crippen molar-refractivity contribution in [2.45, 2.75) is 32.7 Å². The van der Waals surface area contributed by atoms with Gasteiger partial charge in [0.25, 0.3) is 5.91 Å². The van der Waals surface area contributed by atoms with Crippen molar-refractivity contribution >= 4 is 28.5 Å². The first-order valence-electron chi connectivity index (χ1n) is 6.28. The number of amides is 1. The molecular weight excluding hydrogens is 341 g/mol. The van der Waals surface area contributed by atoms with Gasteiger partial charge in [0.15, 0.2) is 0 Å². The number of carbonyl (C=O) groups excluding carboxylic acids is 1. The zero-order chi connectivity index (χ0) is 13.3. The minimum absolute atomic E-state index is 0.0509. The molecule has 18 heavy (non-hydrogen) atoms. The quantitative estimate of drug-likeness (QED) is 0.782. The number of piperidine rings is 1. The Morgan fingerprint density at radius 2 is 2.11 bits per heavy atom. The molecule has 1 heterocycles. The Hall–Kier alpha value is -0.780. The lowest BCUT2D eigenvalue weighted by atomic mass is 9.94. The van der Waals surface area contributed by atoms with Gasteiger partial charge in [-0.25, -0.2) is 0 Å². The van der Waals surface area contributed by atoms with Crippen LogP contribution in [0.4, 0.5) is 0 Å². The van der Waals surface area contributed by atoms with Crippen molar-refractivity contribution in [2.24, 2.45) is 5.92 Å². The lowest BCUT2D eigenvalue weighted by molar-refractivity contribution is 0.0571. The van der Waals surface area contributed by atoms with Gasteiger partial charge in [0, 0.05) is 16.2 Å². The van der Waals surface area contributed by atoms with E-state index in [4.69, 9.17) is 0 Å². The first-order chi connectivity index (χ1) is 8.49. The average molecular weight is 359 g/mol. The van der Waals surface area contributed by atoms with Crippen molar-refractivity contribution < 1.29 is 9.90 Å². The Morgan fingerprint density at radius 3 is 2.83 bits per heavy atom. The molecule has 98 valence electrons. The summed E-state index contributed by atoms with van der Waals surface area (Å²) in [4.78, 5) is 14.4. The summed E-state index contributed by atoms with van der Waals surface area (Å²) < 4.78 is 0.964. The molecule has 1 aliphatic rings. The summed E-state index contributed by atoms with van der Waals surface area (Å²) in [7, 11) is 0. The first kappa shape index (κ1) is 13.6. The number of hydrogen-bond donors (Lipinski definition) is 1. The van der Waals surface area contributed by atoms with Gasteiger partial charge in [-0.05, 0) is 66.5 Å². The van der Waals surface area contributed by atoms with Crippen molar-refractivity contribution in [3.05, 3.63) is 27.3 Å². The van der Waals surface area contributed by atoms with Gasteiger partial charge in [-0.2, -0.15) is 0 Å². The van der Waals surface area contributed by atoms with Crippen LogP contribution in [0, 0.1) is 9.49 Å². The lowest BCUT2D eigenvalue weighted by Crippen LogP contribution is -2.44. The van der Waals surface area contributed by atoms with E-state index in [1.165, 1.54) is 6.42 Å². The van der Waals surface area contributed by atoms with Gasteiger partial charge in [-0.3, -0.25) is 4.79 Å². The number of phenolic OH excluding ortho intramolecular Hbond substituents is 1. The SMILES string of the molecule is CC1CCC(C)N(C(=O)c2cc(I)ccc2O)C1. The molecule has 0 radical (unpaired) electrons. The van der Waals surface area contributed by atoms with Gasteiger partial charge in [0.05, 0.1) is 5.56 Å². The highest BCUT2D eigenvalue weighted by Gasteiger charge is 2.28. The zero-order valence-corrected chi connectivity index (χ0v) is 12.8. The average Bonchev–Trinajstić information content (AvgIpc) is 2.34. The molecule has 1 N–H and O–H groups in total. The summed E-state index contributed by atoms with van der Waals surface area (Å²) in [5.41, 5.74) is 0.419. The minimum atomic E-state index is -0.0509. The standard InChI is InChI=1S/C14H18INO2/c1-9-3-4-10(2)16(8-9)14(18)12-7-11(15)5-6-13(12)17/h5-7,9-10,17H,3-4,8H2,1-2H3. The van der Waals surface area contributed by atoms with Gasteiger partial charge in [-0.15, -0.1) is 0 Å². The van der Waals surface area contributed by atoms with E-state index in [0.717, 1.165) is 16.5 Å². The van der Waals surface area contributed by atoms with Crippen molar-refractivity contribution in [1.29, 1.82) is 0 Å². The summed E-state index contributed by atoms with van der Waals surface area (Å²) in [5, 5.41) is 9.84. The Morgan fingerprint density at radius 1 is 1.39 bits per heavy atom. The second-order valence-corrected chi connectivity index (χ2v) is 6.40. The molecule has 1 amide bonds. The van der Waals surface area contributed by atoms with Crippen LogP contribution in [-0.2, 0) is 0 Å². The van der Waals surface area contributed by atoms with Crippen molar-refractivity contribution in [3.8, 4) is 5.75 Å². The fraction of sp³-hybridized carbons (Fsp3) is 0.500. The van der Waals surface area contributed by atoms with Gasteiger partial charge in [0.1, 0.15) is 5.75 Å². The van der Waals surface area contributed by atoms with E-state index in [9.17, 15) is 9.90 Å². The Bertz CT molecular complexity index is 461. The number of halogens is 1. The predicted octanol–water partition coefficient (Wildman–Crippen LogP) is 3.26. The maximum Gasteiger partial charge on any atom is 0.257 e. The Balaban J connectivity index is 2.27. The molecule has 2 unspecified atom stereocenters. The van der Waals surface area contributed by atoms with E-state index in [-0.39, 0.29) is 17.7 Å². The molecule has 0 aliphatic carbocycles. The topological polar surface area (TPSA) is 40.5 Å². The molecule has 1 fully saturated rings. The third-order valence-electron chi connectivity index (χ3n) is 3.57. The van der Waals surface area contributed by atoms with Gasteiger partial charge < -0.3 is 10.0 Å². The molecule has 1 aromatic carbocycles. The van der Waals surface area contributed by atoms with E-state index in [0.29, 0.717) is 11.5 Å². The van der Waals surface area contributed by atoms with Gasteiger partial charge in [0.2, 0.25) is 0 Å². The van der Waals surface area contributed by atoms with E-state index < -0.39 is 0 Å². The van der Waals surface area contributed by atoms with Crippen molar-refractivity contribution in [3.63, 3.8) is 0 Å². The van der Waals surface area contributed by atoms with Crippen molar-refractivity contribution in [1.82, 2.24) is 4.90 Å². The molecule has 4 heteroatoms. The third kappa shape index (κ3) is 2.79. The van der Waals surface area contributed by atoms with E-state index >= 15 is 0 Å².